The number of nitrogens with zero attached hydrogens (tertiary/aromatic N) is 1. The molecule has 1 aliphatic carbocycles. The minimum atomic E-state index is 0.807. The Hall–Kier alpha value is -5.73. The third-order valence-electron chi connectivity index (χ3n) is 8.77. The van der Waals surface area contributed by atoms with Crippen molar-refractivity contribution < 1.29 is 4.42 Å². The Kier molecular flexibility index (Phi) is 5.23. The first-order valence-corrected chi connectivity index (χ1v) is 14.6. The van der Waals surface area contributed by atoms with Crippen molar-refractivity contribution >= 4 is 21.9 Å². The number of para-hydroxylation sites is 1. The maximum absolute atomic E-state index is 6.36. The first-order chi connectivity index (χ1) is 21.3. The summed E-state index contributed by atoms with van der Waals surface area (Å²) in [5, 5.41) is 2.19. The highest BCUT2D eigenvalue weighted by molar-refractivity contribution is 6.10. The maximum atomic E-state index is 6.36. The van der Waals surface area contributed by atoms with Gasteiger partial charge in [0, 0.05) is 22.5 Å². The average Bonchev–Trinajstić information content (AvgIpc) is 3.46. The fourth-order valence-electron chi connectivity index (χ4n) is 6.88. The maximum Gasteiger partial charge on any atom is 0.153 e. The molecule has 0 saturated heterocycles. The van der Waals surface area contributed by atoms with Crippen molar-refractivity contribution in [1.29, 1.82) is 0 Å². The van der Waals surface area contributed by atoms with E-state index in [-0.39, 0.29) is 0 Å². The van der Waals surface area contributed by atoms with E-state index in [0.29, 0.717) is 0 Å². The summed E-state index contributed by atoms with van der Waals surface area (Å²) in [6, 6.07) is 50.4. The molecule has 0 amide bonds. The molecule has 0 bridgehead atoms. The molecule has 0 N–H and O–H groups in total. The molecule has 2 nitrogen and oxygen atoms in total. The highest BCUT2D eigenvalue weighted by atomic mass is 16.3. The van der Waals surface area contributed by atoms with Gasteiger partial charge in [-0.05, 0) is 73.3 Å². The standard InChI is InChI=1S/C41H25NO/c1-2-13-31-30(12-1)32-14-3-4-15-34(32)37-20-8-18-28(40(37)36-17-6-5-16-33(31)36)26-10-7-11-27(24-26)29-19-9-21-38-35-22-23-42-25-39(35)43-41(29)38/h1-25H. The largest absolute Gasteiger partial charge is 0.454 e. The van der Waals surface area contributed by atoms with Gasteiger partial charge in [-0.15, -0.1) is 0 Å². The third-order valence-corrected chi connectivity index (χ3v) is 8.77. The monoisotopic (exact) mass is 547 g/mol. The van der Waals surface area contributed by atoms with E-state index in [4.69, 9.17) is 4.42 Å². The van der Waals surface area contributed by atoms with Gasteiger partial charge in [0.15, 0.2) is 5.58 Å². The van der Waals surface area contributed by atoms with Gasteiger partial charge < -0.3 is 4.42 Å². The molecule has 43 heavy (non-hydrogen) atoms. The van der Waals surface area contributed by atoms with E-state index in [2.05, 4.69) is 138 Å². The molecule has 0 aliphatic heterocycles. The topological polar surface area (TPSA) is 26.0 Å². The molecule has 0 atom stereocenters. The number of fused-ring (bicyclic) bond motifs is 11. The van der Waals surface area contributed by atoms with Crippen molar-refractivity contribution in [3.63, 3.8) is 0 Å². The summed E-state index contributed by atoms with van der Waals surface area (Å²) >= 11 is 0. The summed E-state index contributed by atoms with van der Waals surface area (Å²) in [5.41, 5.74) is 16.3. The number of benzene rings is 6. The number of furan rings is 1. The van der Waals surface area contributed by atoms with Crippen LogP contribution in [0.15, 0.2) is 156 Å². The van der Waals surface area contributed by atoms with Gasteiger partial charge in [0.1, 0.15) is 5.58 Å². The summed E-state index contributed by atoms with van der Waals surface area (Å²) in [6.07, 6.45) is 3.62. The molecule has 2 heterocycles. The van der Waals surface area contributed by atoms with Crippen molar-refractivity contribution in [3.05, 3.63) is 152 Å². The Balaban J connectivity index is 1.31. The molecule has 0 spiro atoms. The Morgan fingerprint density at radius 3 is 1.63 bits per heavy atom. The van der Waals surface area contributed by atoms with Crippen LogP contribution in [-0.4, -0.2) is 4.98 Å². The number of aromatic nitrogens is 1. The van der Waals surface area contributed by atoms with Crippen molar-refractivity contribution in [2.75, 3.05) is 0 Å². The molecule has 8 aromatic rings. The van der Waals surface area contributed by atoms with Crippen LogP contribution in [0.2, 0.25) is 0 Å². The second kappa shape index (κ2) is 9.40. The highest BCUT2D eigenvalue weighted by Crippen LogP contribution is 2.50. The van der Waals surface area contributed by atoms with E-state index in [1.807, 2.05) is 12.3 Å². The quantitative estimate of drug-likeness (QED) is 0.215. The molecule has 0 saturated carbocycles. The molecular weight excluding hydrogens is 522 g/mol. The van der Waals surface area contributed by atoms with E-state index in [9.17, 15) is 0 Å². The van der Waals surface area contributed by atoms with Gasteiger partial charge in [-0.3, -0.25) is 4.98 Å². The lowest BCUT2D eigenvalue weighted by molar-refractivity contribution is 0.668. The fraction of sp³-hybridized carbons (Fsp3) is 0. The van der Waals surface area contributed by atoms with Crippen molar-refractivity contribution in [3.8, 4) is 66.8 Å². The summed E-state index contributed by atoms with van der Waals surface area (Å²) < 4.78 is 6.36. The first-order valence-electron chi connectivity index (χ1n) is 14.6. The van der Waals surface area contributed by atoms with Gasteiger partial charge in [0.05, 0.1) is 6.20 Å². The SMILES string of the molecule is c1cc(-c2cccc3c2-c2ccccc2-c2ccccc2-c2ccccc2-3)cc(-c2cccc3c2oc2cnccc23)c1. The summed E-state index contributed by atoms with van der Waals surface area (Å²) in [6.45, 7) is 0. The lowest BCUT2D eigenvalue weighted by atomic mass is 9.78. The molecule has 0 unspecified atom stereocenters. The van der Waals surface area contributed by atoms with E-state index >= 15 is 0 Å². The van der Waals surface area contributed by atoms with Gasteiger partial charge in [0.25, 0.3) is 0 Å². The zero-order chi connectivity index (χ0) is 28.3. The minimum absolute atomic E-state index is 0.807. The predicted molar refractivity (Wildman–Crippen MR) is 178 cm³/mol. The van der Waals surface area contributed by atoms with E-state index in [1.165, 1.54) is 55.6 Å². The van der Waals surface area contributed by atoms with Crippen LogP contribution in [0.4, 0.5) is 0 Å². The zero-order valence-corrected chi connectivity index (χ0v) is 23.3. The molecular formula is C41H25NO. The van der Waals surface area contributed by atoms with Crippen LogP contribution in [0.5, 0.6) is 0 Å². The lowest BCUT2D eigenvalue weighted by Gasteiger charge is -2.25. The second-order valence-corrected chi connectivity index (χ2v) is 11.1. The Morgan fingerprint density at radius 2 is 0.907 bits per heavy atom. The molecule has 0 radical (unpaired) electrons. The molecule has 2 aromatic heterocycles. The molecule has 1 aliphatic rings. The third kappa shape index (κ3) is 3.63. The summed E-state index contributed by atoms with van der Waals surface area (Å²) in [5.74, 6) is 0. The van der Waals surface area contributed by atoms with E-state index in [1.54, 1.807) is 6.20 Å². The lowest BCUT2D eigenvalue weighted by Crippen LogP contribution is -1.98. The van der Waals surface area contributed by atoms with Crippen LogP contribution < -0.4 is 0 Å². The van der Waals surface area contributed by atoms with Gasteiger partial charge in [-0.2, -0.15) is 0 Å². The van der Waals surface area contributed by atoms with Gasteiger partial charge in [0.2, 0.25) is 0 Å². The van der Waals surface area contributed by atoms with Crippen LogP contribution in [0.1, 0.15) is 0 Å². The summed E-state index contributed by atoms with van der Waals surface area (Å²) in [4.78, 5) is 4.27. The molecule has 200 valence electrons. The zero-order valence-electron chi connectivity index (χ0n) is 23.3. The van der Waals surface area contributed by atoms with Crippen molar-refractivity contribution in [2.24, 2.45) is 0 Å². The van der Waals surface area contributed by atoms with Gasteiger partial charge in [-0.1, -0.05) is 127 Å². The Labute approximate surface area is 249 Å². The van der Waals surface area contributed by atoms with E-state index < -0.39 is 0 Å². The van der Waals surface area contributed by atoms with Crippen molar-refractivity contribution in [1.82, 2.24) is 4.98 Å². The van der Waals surface area contributed by atoms with Crippen LogP contribution in [0.3, 0.4) is 0 Å². The number of rotatable bonds is 2. The van der Waals surface area contributed by atoms with Crippen LogP contribution in [0.25, 0.3) is 88.7 Å². The minimum Gasteiger partial charge on any atom is -0.454 e. The number of pyridine rings is 1. The van der Waals surface area contributed by atoms with Crippen LogP contribution in [-0.2, 0) is 0 Å². The molecule has 0 fully saturated rings. The highest BCUT2D eigenvalue weighted by Gasteiger charge is 2.24. The fourth-order valence-corrected chi connectivity index (χ4v) is 6.88. The summed E-state index contributed by atoms with van der Waals surface area (Å²) in [7, 11) is 0. The van der Waals surface area contributed by atoms with Gasteiger partial charge in [-0.25, -0.2) is 0 Å². The molecule has 2 heteroatoms. The van der Waals surface area contributed by atoms with Crippen LogP contribution in [0, 0.1) is 0 Å². The van der Waals surface area contributed by atoms with Crippen LogP contribution >= 0.6 is 0 Å². The Bertz CT molecular complexity index is 2350. The number of hydrogen-bond donors (Lipinski definition) is 0. The smallest absolute Gasteiger partial charge is 0.153 e. The predicted octanol–water partition coefficient (Wildman–Crippen LogP) is 11.3. The second-order valence-electron chi connectivity index (χ2n) is 11.1. The molecule has 6 aromatic carbocycles. The van der Waals surface area contributed by atoms with Gasteiger partial charge >= 0.3 is 0 Å². The Morgan fingerprint density at radius 1 is 0.395 bits per heavy atom. The van der Waals surface area contributed by atoms with E-state index in [0.717, 1.165) is 33.1 Å². The average molecular weight is 548 g/mol. The first kappa shape index (κ1) is 23.9. The van der Waals surface area contributed by atoms with Crippen molar-refractivity contribution in [2.45, 2.75) is 0 Å². The molecule has 9 rings (SSSR count). The normalized spacial score (nSPS) is 11.7. The number of hydrogen-bond acceptors (Lipinski definition) is 2.